The first-order chi connectivity index (χ1) is 7.90. The van der Waals surface area contributed by atoms with Gasteiger partial charge in [0.1, 0.15) is 0 Å². The quantitative estimate of drug-likeness (QED) is 0.548. The molecule has 0 bridgehead atoms. The smallest absolute Gasteiger partial charge is 0.311 e. The van der Waals surface area contributed by atoms with Gasteiger partial charge >= 0.3 is 17.9 Å². The molecule has 4 atom stereocenters. The van der Waals surface area contributed by atoms with Crippen molar-refractivity contribution in [3.63, 3.8) is 0 Å². The summed E-state index contributed by atoms with van der Waals surface area (Å²) in [6.45, 7) is 1.66. The highest BCUT2D eigenvalue weighted by atomic mass is 16.5. The van der Waals surface area contributed by atoms with Crippen molar-refractivity contribution < 1.29 is 29.3 Å². The largest absolute Gasteiger partial charge is 0.481 e. The number of carbonyl (C=O) groups is 3. The lowest BCUT2D eigenvalue weighted by Crippen LogP contribution is -2.43. The molecule has 0 amide bonds. The fourth-order valence-corrected chi connectivity index (χ4v) is 2.13. The Morgan fingerprint density at radius 1 is 1.06 bits per heavy atom. The molecule has 1 rings (SSSR count). The third kappa shape index (κ3) is 2.46. The first-order valence-electron chi connectivity index (χ1n) is 5.12. The molecule has 4 unspecified atom stereocenters. The molecular weight excluding hydrogens is 228 g/mol. The van der Waals surface area contributed by atoms with Crippen molar-refractivity contribution in [3.05, 3.63) is 12.2 Å². The van der Waals surface area contributed by atoms with Gasteiger partial charge in [0.15, 0.2) is 0 Å². The highest BCUT2D eigenvalue weighted by Crippen LogP contribution is 2.35. The van der Waals surface area contributed by atoms with E-state index in [1.54, 1.807) is 13.0 Å². The molecule has 0 aromatic heterocycles. The summed E-state index contributed by atoms with van der Waals surface area (Å²) in [4.78, 5) is 33.7. The van der Waals surface area contributed by atoms with Crippen LogP contribution in [0.15, 0.2) is 12.2 Å². The molecule has 0 fully saturated rings. The van der Waals surface area contributed by atoms with Crippen LogP contribution in [-0.2, 0) is 19.1 Å². The lowest BCUT2D eigenvalue weighted by molar-refractivity contribution is -0.163. The minimum Gasteiger partial charge on any atom is -0.481 e. The fraction of sp³-hybridized carbons (Fsp3) is 0.545. The zero-order chi connectivity index (χ0) is 13.2. The van der Waals surface area contributed by atoms with E-state index in [4.69, 9.17) is 10.2 Å². The van der Waals surface area contributed by atoms with Crippen LogP contribution in [0.3, 0.4) is 0 Å². The Balaban J connectivity index is 3.16. The second-order valence-electron chi connectivity index (χ2n) is 4.02. The van der Waals surface area contributed by atoms with Gasteiger partial charge in [-0.15, -0.1) is 0 Å². The van der Waals surface area contributed by atoms with E-state index in [-0.39, 0.29) is 5.92 Å². The summed E-state index contributed by atoms with van der Waals surface area (Å²) in [5.74, 6) is -7.07. The number of carbonyl (C=O) groups excluding carboxylic acids is 1. The molecule has 0 spiro atoms. The molecule has 17 heavy (non-hydrogen) atoms. The van der Waals surface area contributed by atoms with Gasteiger partial charge in [-0.1, -0.05) is 19.1 Å². The number of hydrogen-bond donors (Lipinski definition) is 2. The zero-order valence-corrected chi connectivity index (χ0v) is 9.49. The van der Waals surface area contributed by atoms with Crippen molar-refractivity contribution in [2.75, 3.05) is 7.11 Å². The van der Waals surface area contributed by atoms with Crippen molar-refractivity contribution in [1.29, 1.82) is 0 Å². The standard InChI is InChI=1S/C11H14O6/c1-5-3-4-6(9(12)13)8(10(14)15)7(5)11(16)17-2/h3-8H,1-2H3,(H,12,13)(H,14,15). The Kier molecular flexibility index (Phi) is 3.88. The minimum absolute atomic E-state index is 0.362. The van der Waals surface area contributed by atoms with Crippen molar-refractivity contribution in [2.45, 2.75) is 6.92 Å². The van der Waals surface area contributed by atoms with Crippen LogP contribution in [0.2, 0.25) is 0 Å². The molecule has 2 N–H and O–H groups in total. The number of aliphatic carboxylic acids is 2. The minimum atomic E-state index is -1.30. The number of ether oxygens (including phenoxy) is 1. The molecule has 0 heterocycles. The van der Waals surface area contributed by atoms with Crippen molar-refractivity contribution in [1.82, 2.24) is 0 Å². The number of carboxylic acid groups (broad SMARTS) is 2. The van der Waals surface area contributed by atoms with Crippen LogP contribution in [0.1, 0.15) is 6.92 Å². The van der Waals surface area contributed by atoms with Gasteiger partial charge in [0.2, 0.25) is 0 Å². The lowest BCUT2D eigenvalue weighted by Gasteiger charge is -2.31. The average molecular weight is 242 g/mol. The van der Waals surface area contributed by atoms with Gasteiger partial charge < -0.3 is 14.9 Å². The summed E-state index contributed by atoms with van der Waals surface area (Å²) >= 11 is 0. The molecule has 6 heteroatoms. The van der Waals surface area contributed by atoms with E-state index in [0.29, 0.717) is 0 Å². The monoisotopic (exact) mass is 242 g/mol. The first-order valence-corrected chi connectivity index (χ1v) is 5.12. The molecule has 1 aliphatic carbocycles. The third-order valence-corrected chi connectivity index (χ3v) is 3.01. The predicted molar refractivity (Wildman–Crippen MR) is 56.1 cm³/mol. The Morgan fingerprint density at radius 2 is 1.65 bits per heavy atom. The SMILES string of the molecule is COC(=O)C1C(C)C=CC(C(=O)O)C1C(=O)O. The Bertz CT molecular complexity index is 372. The van der Waals surface area contributed by atoms with Crippen LogP contribution in [0, 0.1) is 23.7 Å². The number of esters is 1. The fourth-order valence-electron chi connectivity index (χ4n) is 2.13. The Labute approximate surface area is 97.9 Å². The summed E-state index contributed by atoms with van der Waals surface area (Å²) < 4.78 is 4.54. The third-order valence-electron chi connectivity index (χ3n) is 3.01. The highest BCUT2D eigenvalue weighted by Gasteiger charge is 2.46. The predicted octanol–water partition coefficient (Wildman–Crippen LogP) is 0.383. The molecule has 0 radical (unpaired) electrons. The van der Waals surface area contributed by atoms with Crippen molar-refractivity contribution >= 4 is 17.9 Å². The highest BCUT2D eigenvalue weighted by molar-refractivity contribution is 5.87. The van der Waals surface area contributed by atoms with Gasteiger partial charge in [-0.3, -0.25) is 14.4 Å². The summed E-state index contributed by atoms with van der Waals surface area (Å²) in [6, 6.07) is 0. The van der Waals surface area contributed by atoms with Gasteiger partial charge in [-0.2, -0.15) is 0 Å². The van der Waals surface area contributed by atoms with Gasteiger partial charge in [0.25, 0.3) is 0 Å². The second-order valence-corrected chi connectivity index (χ2v) is 4.02. The van der Waals surface area contributed by atoms with E-state index < -0.39 is 35.7 Å². The maximum Gasteiger partial charge on any atom is 0.311 e. The molecule has 1 aliphatic rings. The zero-order valence-electron chi connectivity index (χ0n) is 9.49. The number of carboxylic acids is 2. The summed E-state index contributed by atoms with van der Waals surface area (Å²) in [5.41, 5.74) is 0. The normalized spacial score (nSPS) is 31.9. The maximum absolute atomic E-state index is 11.5. The van der Waals surface area contributed by atoms with Gasteiger partial charge in [-0.25, -0.2) is 0 Å². The average Bonchev–Trinajstić information content (AvgIpc) is 2.26. The first kappa shape index (κ1) is 13.2. The molecule has 0 aromatic carbocycles. The van der Waals surface area contributed by atoms with Crippen LogP contribution >= 0.6 is 0 Å². The molecule has 0 aliphatic heterocycles. The van der Waals surface area contributed by atoms with Crippen LogP contribution in [0.5, 0.6) is 0 Å². The molecule has 0 aromatic rings. The molecule has 0 saturated heterocycles. The number of hydrogen-bond acceptors (Lipinski definition) is 4. The lowest BCUT2D eigenvalue weighted by atomic mass is 9.71. The number of rotatable bonds is 3. The number of allylic oxidation sites excluding steroid dienone is 1. The molecular formula is C11H14O6. The Morgan fingerprint density at radius 3 is 2.06 bits per heavy atom. The molecule has 0 saturated carbocycles. The molecule has 6 nitrogen and oxygen atoms in total. The van der Waals surface area contributed by atoms with Crippen LogP contribution in [0.25, 0.3) is 0 Å². The van der Waals surface area contributed by atoms with Gasteiger partial charge in [-0.05, 0) is 5.92 Å². The van der Waals surface area contributed by atoms with E-state index >= 15 is 0 Å². The Hall–Kier alpha value is -1.85. The van der Waals surface area contributed by atoms with E-state index in [2.05, 4.69) is 4.74 Å². The topological polar surface area (TPSA) is 101 Å². The molecule has 94 valence electrons. The van der Waals surface area contributed by atoms with Gasteiger partial charge in [0, 0.05) is 0 Å². The van der Waals surface area contributed by atoms with Crippen LogP contribution < -0.4 is 0 Å². The van der Waals surface area contributed by atoms with E-state index in [9.17, 15) is 14.4 Å². The van der Waals surface area contributed by atoms with E-state index in [1.807, 2.05) is 0 Å². The summed E-state index contributed by atoms with van der Waals surface area (Å²) in [5, 5.41) is 18.0. The van der Waals surface area contributed by atoms with Crippen molar-refractivity contribution in [2.24, 2.45) is 23.7 Å². The van der Waals surface area contributed by atoms with E-state index in [0.717, 1.165) is 7.11 Å². The summed E-state index contributed by atoms with van der Waals surface area (Å²) in [7, 11) is 1.15. The van der Waals surface area contributed by atoms with Gasteiger partial charge in [0.05, 0.1) is 24.9 Å². The van der Waals surface area contributed by atoms with Crippen LogP contribution in [-0.4, -0.2) is 35.2 Å². The summed E-state index contributed by atoms with van der Waals surface area (Å²) in [6.07, 6.45) is 2.87. The maximum atomic E-state index is 11.5. The van der Waals surface area contributed by atoms with Crippen LogP contribution in [0.4, 0.5) is 0 Å². The van der Waals surface area contributed by atoms with E-state index in [1.165, 1.54) is 6.08 Å². The van der Waals surface area contributed by atoms with Crippen molar-refractivity contribution in [3.8, 4) is 0 Å². The second kappa shape index (κ2) is 4.99. The number of methoxy groups -OCH3 is 1.